The van der Waals surface area contributed by atoms with Crippen LogP contribution in [0.5, 0.6) is 0 Å². The van der Waals surface area contributed by atoms with Crippen LogP contribution in [0.2, 0.25) is 10.0 Å². The lowest BCUT2D eigenvalue weighted by Gasteiger charge is -2.28. The van der Waals surface area contributed by atoms with Gasteiger partial charge in [-0.05, 0) is 19.5 Å². The summed E-state index contributed by atoms with van der Waals surface area (Å²) >= 11 is 12.0. The van der Waals surface area contributed by atoms with E-state index < -0.39 is 11.4 Å². The molecule has 0 aliphatic carbocycles. The predicted octanol–water partition coefficient (Wildman–Crippen LogP) is 2.30. The number of primary amides is 1. The van der Waals surface area contributed by atoms with Gasteiger partial charge in [-0.25, -0.2) is 0 Å². The van der Waals surface area contributed by atoms with E-state index in [0.717, 1.165) is 0 Å². The number of hydrogen-bond acceptors (Lipinski definition) is 2. The highest BCUT2D eigenvalue weighted by Gasteiger charge is 2.34. The minimum atomic E-state index is -1.00. The highest BCUT2D eigenvalue weighted by Crippen LogP contribution is 2.33. The topological polar surface area (TPSA) is 55.1 Å². The third-order valence-corrected chi connectivity index (χ3v) is 3.33. The fourth-order valence-electron chi connectivity index (χ4n) is 1.56. The molecule has 88 valence electrons. The lowest BCUT2D eigenvalue weighted by atomic mass is 9.91. The highest BCUT2D eigenvalue weighted by molar-refractivity contribution is 6.42. The Hall–Kier alpha value is -0.770. The Bertz CT molecular complexity index is 409. The summed E-state index contributed by atoms with van der Waals surface area (Å²) in [4.78, 5) is 11.5. The van der Waals surface area contributed by atoms with Gasteiger partial charge in [-0.15, -0.1) is 0 Å². The quantitative estimate of drug-likeness (QED) is 0.873. The van der Waals surface area contributed by atoms with Crippen molar-refractivity contribution in [2.75, 3.05) is 6.54 Å². The SMILES string of the molecule is CCNC(C)(C(N)=O)c1cccc(Cl)c1Cl. The molecule has 0 saturated carbocycles. The Labute approximate surface area is 105 Å². The summed E-state index contributed by atoms with van der Waals surface area (Å²) < 4.78 is 0. The van der Waals surface area contributed by atoms with Crippen LogP contribution in [0, 0.1) is 0 Å². The average molecular weight is 261 g/mol. The monoisotopic (exact) mass is 260 g/mol. The maximum atomic E-state index is 11.5. The van der Waals surface area contributed by atoms with Crippen LogP contribution in [0.1, 0.15) is 19.4 Å². The highest BCUT2D eigenvalue weighted by atomic mass is 35.5. The molecule has 0 aromatic heterocycles. The van der Waals surface area contributed by atoms with Crippen LogP contribution in [0.15, 0.2) is 18.2 Å². The zero-order chi connectivity index (χ0) is 12.3. The molecule has 5 heteroatoms. The molecule has 16 heavy (non-hydrogen) atoms. The Morgan fingerprint density at radius 2 is 2.12 bits per heavy atom. The Morgan fingerprint density at radius 3 is 2.62 bits per heavy atom. The maximum Gasteiger partial charge on any atom is 0.242 e. The number of benzene rings is 1. The largest absolute Gasteiger partial charge is 0.368 e. The number of nitrogens with one attached hydrogen (secondary N) is 1. The Balaban J connectivity index is 3.32. The van der Waals surface area contributed by atoms with E-state index in [1.807, 2.05) is 6.92 Å². The molecular formula is C11H14Cl2N2O. The van der Waals surface area contributed by atoms with Gasteiger partial charge in [0, 0.05) is 5.56 Å². The van der Waals surface area contributed by atoms with Gasteiger partial charge in [-0.2, -0.15) is 0 Å². The molecule has 3 nitrogen and oxygen atoms in total. The molecule has 0 bridgehead atoms. The summed E-state index contributed by atoms with van der Waals surface area (Å²) in [5, 5.41) is 3.79. The molecule has 0 fully saturated rings. The predicted molar refractivity (Wildman–Crippen MR) is 66.7 cm³/mol. The number of likely N-dealkylation sites (N-methyl/N-ethyl adjacent to an activating group) is 1. The second kappa shape index (κ2) is 5.04. The van der Waals surface area contributed by atoms with Gasteiger partial charge in [0.25, 0.3) is 0 Å². The van der Waals surface area contributed by atoms with Gasteiger partial charge in [-0.3, -0.25) is 4.79 Å². The van der Waals surface area contributed by atoms with Crippen LogP contribution in [-0.4, -0.2) is 12.5 Å². The summed E-state index contributed by atoms with van der Waals surface area (Å²) in [7, 11) is 0. The zero-order valence-electron chi connectivity index (χ0n) is 9.18. The summed E-state index contributed by atoms with van der Waals surface area (Å²) in [5.74, 6) is -0.487. The second-order valence-corrected chi connectivity index (χ2v) is 4.41. The van der Waals surface area contributed by atoms with Crippen LogP contribution in [0.4, 0.5) is 0 Å². The van der Waals surface area contributed by atoms with Crippen molar-refractivity contribution < 1.29 is 4.79 Å². The van der Waals surface area contributed by atoms with E-state index in [1.54, 1.807) is 25.1 Å². The normalized spacial score (nSPS) is 14.5. The van der Waals surface area contributed by atoms with Gasteiger partial charge in [0.1, 0.15) is 5.54 Å². The van der Waals surface area contributed by atoms with Crippen LogP contribution in [0.3, 0.4) is 0 Å². The molecule has 0 aliphatic rings. The van der Waals surface area contributed by atoms with Crippen molar-refractivity contribution in [2.45, 2.75) is 19.4 Å². The third kappa shape index (κ3) is 2.32. The first-order chi connectivity index (χ1) is 7.43. The molecule has 1 rings (SSSR count). The molecule has 1 atom stereocenters. The lowest BCUT2D eigenvalue weighted by molar-refractivity contribution is -0.124. The number of nitrogens with two attached hydrogens (primary N) is 1. The molecule has 1 aromatic rings. The smallest absolute Gasteiger partial charge is 0.242 e. The van der Waals surface area contributed by atoms with Crippen molar-refractivity contribution in [2.24, 2.45) is 5.73 Å². The first-order valence-electron chi connectivity index (χ1n) is 4.93. The van der Waals surface area contributed by atoms with Crippen molar-refractivity contribution in [1.29, 1.82) is 0 Å². The standard InChI is InChI=1S/C11H14Cl2N2O/c1-3-15-11(2,10(14)16)7-5-4-6-8(12)9(7)13/h4-6,15H,3H2,1-2H3,(H2,14,16). The Kier molecular flexibility index (Phi) is 4.19. The molecule has 0 radical (unpaired) electrons. The zero-order valence-corrected chi connectivity index (χ0v) is 10.7. The number of carbonyl (C=O) groups is 1. The number of rotatable bonds is 4. The first kappa shape index (κ1) is 13.3. The Morgan fingerprint density at radius 1 is 1.50 bits per heavy atom. The molecular weight excluding hydrogens is 247 g/mol. The third-order valence-electron chi connectivity index (χ3n) is 2.51. The van der Waals surface area contributed by atoms with E-state index >= 15 is 0 Å². The number of halogens is 2. The van der Waals surface area contributed by atoms with Gasteiger partial charge >= 0.3 is 0 Å². The van der Waals surface area contributed by atoms with Crippen molar-refractivity contribution >= 4 is 29.1 Å². The summed E-state index contributed by atoms with van der Waals surface area (Å²) in [6.07, 6.45) is 0. The van der Waals surface area contributed by atoms with Crippen molar-refractivity contribution in [3.63, 3.8) is 0 Å². The van der Waals surface area contributed by atoms with Gasteiger partial charge in [-0.1, -0.05) is 42.3 Å². The molecule has 0 aliphatic heterocycles. The van der Waals surface area contributed by atoms with Crippen molar-refractivity contribution in [3.8, 4) is 0 Å². The second-order valence-electron chi connectivity index (χ2n) is 3.62. The van der Waals surface area contributed by atoms with Gasteiger partial charge in [0.15, 0.2) is 0 Å². The number of carbonyl (C=O) groups excluding carboxylic acids is 1. The van der Waals surface area contributed by atoms with Crippen LogP contribution in [0.25, 0.3) is 0 Å². The summed E-state index contributed by atoms with van der Waals surface area (Å²) in [6.45, 7) is 4.18. The van der Waals surface area contributed by atoms with Crippen LogP contribution < -0.4 is 11.1 Å². The fourth-order valence-corrected chi connectivity index (χ4v) is 2.05. The minimum absolute atomic E-state index is 0.353. The summed E-state index contributed by atoms with van der Waals surface area (Å²) in [5.41, 5.74) is 5.00. The first-order valence-corrected chi connectivity index (χ1v) is 5.68. The van der Waals surface area contributed by atoms with Crippen LogP contribution in [-0.2, 0) is 10.3 Å². The lowest BCUT2D eigenvalue weighted by Crippen LogP contribution is -2.50. The van der Waals surface area contributed by atoms with E-state index in [1.165, 1.54) is 0 Å². The van der Waals surface area contributed by atoms with E-state index in [0.29, 0.717) is 22.2 Å². The molecule has 1 amide bonds. The molecule has 3 N–H and O–H groups in total. The van der Waals surface area contributed by atoms with Crippen molar-refractivity contribution in [1.82, 2.24) is 5.32 Å². The number of amides is 1. The fraction of sp³-hybridized carbons (Fsp3) is 0.364. The minimum Gasteiger partial charge on any atom is -0.368 e. The molecule has 0 saturated heterocycles. The van der Waals surface area contributed by atoms with Gasteiger partial charge in [0.05, 0.1) is 10.0 Å². The van der Waals surface area contributed by atoms with E-state index in [4.69, 9.17) is 28.9 Å². The molecule has 0 spiro atoms. The van der Waals surface area contributed by atoms with Gasteiger partial charge in [0.2, 0.25) is 5.91 Å². The molecule has 0 heterocycles. The van der Waals surface area contributed by atoms with E-state index in [-0.39, 0.29) is 0 Å². The van der Waals surface area contributed by atoms with E-state index in [2.05, 4.69) is 5.32 Å². The van der Waals surface area contributed by atoms with Gasteiger partial charge < -0.3 is 11.1 Å². The van der Waals surface area contributed by atoms with Crippen LogP contribution >= 0.6 is 23.2 Å². The van der Waals surface area contributed by atoms with Crippen molar-refractivity contribution in [3.05, 3.63) is 33.8 Å². The average Bonchev–Trinajstić information content (AvgIpc) is 2.22. The summed E-state index contributed by atoms with van der Waals surface area (Å²) in [6, 6.07) is 5.14. The number of hydrogen-bond donors (Lipinski definition) is 2. The molecule has 1 aromatic carbocycles. The maximum absolute atomic E-state index is 11.5. The van der Waals surface area contributed by atoms with E-state index in [9.17, 15) is 4.79 Å². The molecule has 1 unspecified atom stereocenters.